The standard InChI is InChI=1S/C14H17N3OS/c1-9-5-10(2)7-12(6-9)18-14-17-16-13(19-14)8-15-11-3-4-11/h5-7,11,15H,3-4,8H2,1-2H3. The molecule has 3 rings (SSSR count). The molecule has 2 aromatic rings. The topological polar surface area (TPSA) is 47.0 Å². The maximum atomic E-state index is 5.76. The van der Waals surface area contributed by atoms with Crippen LogP contribution in [0.4, 0.5) is 0 Å². The van der Waals surface area contributed by atoms with Gasteiger partial charge < -0.3 is 10.1 Å². The molecule has 0 bridgehead atoms. The molecule has 4 nitrogen and oxygen atoms in total. The first-order valence-corrected chi connectivity index (χ1v) is 7.32. The van der Waals surface area contributed by atoms with E-state index in [2.05, 4.69) is 35.4 Å². The lowest BCUT2D eigenvalue weighted by Crippen LogP contribution is -2.14. The minimum atomic E-state index is 0.609. The summed E-state index contributed by atoms with van der Waals surface area (Å²) in [6.07, 6.45) is 2.56. The zero-order valence-corrected chi connectivity index (χ0v) is 12.0. The van der Waals surface area contributed by atoms with E-state index in [1.54, 1.807) is 0 Å². The number of rotatable bonds is 5. The highest BCUT2D eigenvalue weighted by Gasteiger charge is 2.20. The van der Waals surface area contributed by atoms with Crippen molar-refractivity contribution in [1.82, 2.24) is 15.5 Å². The fourth-order valence-electron chi connectivity index (χ4n) is 1.96. The van der Waals surface area contributed by atoms with Gasteiger partial charge in [-0.15, -0.1) is 5.10 Å². The summed E-state index contributed by atoms with van der Waals surface area (Å²) in [5, 5.41) is 13.2. The summed E-state index contributed by atoms with van der Waals surface area (Å²) in [5.74, 6) is 0.829. The van der Waals surface area contributed by atoms with E-state index in [9.17, 15) is 0 Å². The fraction of sp³-hybridized carbons (Fsp3) is 0.429. The first-order valence-electron chi connectivity index (χ1n) is 6.51. The van der Waals surface area contributed by atoms with Gasteiger partial charge in [0, 0.05) is 6.04 Å². The monoisotopic (exact) mass is 275 g/mol. The molecule has 1 aromatic carbocycles. The van der Waals surface area contributed by atoms with E-state index in [0.29, 0.717) is 11.2 Å². The Hall–Kier alpha value is -1.46. The van der Waals surface area contributed by atoms with E-state index in [0.717, 1.165) is 17.3 Å². The van der Waals surface area contributed by atoms with Crippen molar-refractivity contribution in [3.8, 4) is 10.9 Å². The number of hydrogen-bond acceptors (Lipinski definition) is 5. The number of ether oxygens (including phenoxy) is 1. The Morgan fingerprint density at radius 3 is 2.63 bits per heavy atom. The third-order valence-corrected chi connectivity index (χ3v) is 3.77. The minimum Gasteiger partial charge on any atom is -0.430 e. The molecule has 0 unspecified atom stereocenters. The van der Waals surface area contributed by atoms with Crippen molar-refractivity contribution in [1.29, 1.82) is 0 Å². The van der Waals surface area contributed by atoms with Crippen LogP contribution in [-0.2, 0) is 6.54 Å². The Labute approximate surface area is 116 Å². The van der Waals surface area contributed by atoms with Crippen molar-refractivity contribution in [2.45, 2.75) is 39.3 Å². The lowest BCUT2D eigenvalue weighted by Gasteiger charge is -2.03. The number of benzene rings is 1. The second-order valence-electron chi connectivity index (χ2n) is 5.04. The van der Waals surface area contributed by atoms with Gasteiger partial charge >= 0.3 is 0 Å². The Balaban J connectivity index is 1.65. The molecular weight excluding hydrogens is 258 g/mol. The Kier molecular flexibility index (Phi) is 3.48. The lowest BCUT2D eigenvalue weighted by atomic mass is 10.1. The molecule has 0 aliphatic heterocycles. The zero-order valence-electron chi connectivity index (χ0n) is 11.1. The first kappa shape index (κ1) is 12.6. The second-order valence-corrected chi connectivity index (χ2v) is 6.07. The number of nitrogens with zero attached hydrogens (tertiary/aromatic N) is 2. The van der Waals surface area contributed by atoms with Crippen LogP contribution in [0.3, 0.4) is 0 Å². The predicted octanol–water partition coefficient (Wildman–Crippen LogP) is 3.20. The van der Waals surface area contributed by atoms with Crippen LogP contribution < -0.4 is 10.1 Å². The van der Waals surface area contributed by atoms with E-state index in [1.807, 2.05) is 12.1 Å². The molecule has 0 spiro atoms. The molecule has 0 atom stereocenters. The fourth-order valence-corrected chi connectivity index (χ4v) is 2.62. The predicted molar refractivity (Wildman–Crippen MR) is 75.8 cm³/mol. The van der Waals surface area contributed by atoms with Crippen LogP contribution in [0.5, 0.6) is 10.9 Å². The molecule has 0 saturated heterocycles. The largest absolute Gasteiger partial charge is 0.430 e. The van der Waals surface area contributed by atoms with Gasteiger partial charge in [0.2, 0.25) is 0 Å². The first-order chi connectivity index (χ1) is 9.19. The minimum absolute atomic E-state index is 0.609. The third kappa shape index (κ3) is 3.52. The van der Waals surface area contributed by atoms with E-state index in [4.69, 9.17) is 4.74 Å². The summed E-state index contributed by atoms with van der Waals surface area (Å²) in [6, 6.07) is 6.83. The maximum absolute atomic E-state index is 5.76. The second kappa shape index (κ2) is 5.27. The number of hydrogen-bond donors (Lipinski definition) is 1. The third-order valence-electron chi connectivity index (χ3n) is 2.97. The summed E-state index contributed by atoms with van der Waals surface area (Å²) >= 11 is 1.50. The Morgan fingerprint density at radius 2 is 1.95 bits per heavy atom. The molecule has 1 fully saturated rings. The summed E-state index contributed by atoms with van der Waals surface area (Å²) < 4.78 is 5.76. The number of aromatic nitrogens is 2. The van der Waals surface area contributed by atoms with Crippen LogP contribution in [0.1, 0.15) is 29.0 Å². The molecule has 5 heteroatoms. The van der Waals surface area contributed by atoms with Gasteiger partial charge in [0.05, 0.1) is 6.54 Å². The summed E-state index contributed by atoms with van der Waals surface area (Å²) in [7, 11) is 0. The molecule has 1 saturated carbocycles. The van der Waals surface area contributed by atoms with Crippen molar-refractivity contribution in [2.75, 3.05) is 0 Å². The van der Waals surface area contributed by atoms with Gasteiger partial charge in [-0.2, -0.15) is 0 Å². The Bertz CT molecular complexity index is 558. The van der Waals surface area contributed by atoms with Crippen LogP contribution in [0.2, 0.25) is 0 Å². The SMILES string of the molecule is Cc1cc(C)cc(Oc2nnc(CNC3CC3)s2)c1. The highest BCUT2D eigenvalue weighted by molar-refractivity contribution is 7.13. The summed E-state index contributed by atoms with van der Waals surface area (Å²) in [6.45, 7) is 4.91. The number of aryl methyl sites for hydroxylation is 2. The molecule has 19 heavy (non-hydrogen) atoms. The van der Waals surface area contributed by atoms with Gasteiger partial charge in [0.25, 0.3) is 5.19 Å². The van der Waals surface area contributed by atoms with Crippen molar-refractivity contribution in [3.63, 3.8) is 0 Å². The molecule has 1 N–H and O–H groups in total. The summed E-state index contributed by atoms with van der Waals surface area (Å²) in [4.78, 5) is 0. The normalized spacial score (nSPS) is 14.6. The Morgan fingerprint density at radius 1 is 1.21 bits per heavy atom. The van der Waals surface area contributed by atoms with Crippen molar-refractivity contribution < 1.29 is 4.74 Å². The van der Waals surface area contributed by atoms with E-state index >= 15 is 0 Å². The van der Waals surface area contributed by atoms with E-state index in [-0.39, 0.29) is 0 Å². The molecule has 0 radical (unpaired) electrons. The van der Waals surface area contributed by atoms with Gasteiger partial charge in [0.1, 0.15) is 10.8 Å². The molecule has 1 aromatic heterocycles. The quantitative estimate of drug-likeness (QED) is 0.910. The van der Waals surface area contributed by atoms with Crippen molar-refractivity contribution >= 4 is 11.3 Å². The van der Waals surface area contributed by atoms with Gasteiger partial charge in [-0.25, -0.2) is 0 Å². The average Bonchev–Trinajstić information content (AvgIpc) is 3.06. The molecule has 0 amide bonds. The summed E-state index contributed by atoms with van der Waals surface area (Å²) in [5.41, 5.74) is 2.38. The highest BCUT2D eigenvalue weighted by Crippen LogP contribution is 2.27. The van der Waals surface area contributed by atoms with Crippen LogP contribution in [0, 0.1) is 13.8 Å². The maximum Gasteiger partial charge on any atom is 0.299 e. The highest BCUT2D eigenvalue weighted by atomic mass is 32.1. The smallest absolute Gasteiger partial charge is 0.299 e. The molecule has 100 valence electrons. The molecule has 1 heterocycles. The molecular formula is C14H17N3OS. The van der Waals surface area contributed by atoms with Gasteiger partial charge in [-0.3, -0.25) is 0 Å². The lowest BCUT2D eigenvalue weighted by molar-refractivity contribution is 0.472. The molecule has 1 aliphatic rings. The van der Waals surface area contributed by atoms with E-state index in [1.165, 1.54) is 35.3 Å². The zero-order chi connectivity index (χ0) is 13.2. The van der Waals surface area contributed by atoms with Gasteiger partial charge in [-0.05, 0) is 49.9 Å². The molecule has 1 aliphatic carbocycles. The van der Waals surface area contributed by atoms with Crippen LogP contribution >= 0.6 is 11.3 Å². The van der Waals surface area contributed by atoms with Gasteiger partial charge in [-0.1, -0.05) is 22.5 Å². The van der Waals surface area contributed by atoms with Crippen LogP contribution in [-0.4, -0.2) is 16.2 Å². The average molecular weight is 275 g/mol. The van der Waals surface area contributed by atoms with Gasteiger partial charge in [0.15, 0.2) is 0 Å². The van der Waals surface area contributed by atoms with Crippen molar-refractivity contribution in [3.05, 3.63) is 34.3 Å². The van der Waals surface area contributed by atoms with Crippen LogP contribution in [0.15, 0.2) is 18.2 Å². The number of nitrogens with one attached hydrogen (secondary N) is 1. The van der Waals surface area contributed by atoms with Crippen molar-refractivity contribution in [2.24, 2.45) is 0 Å². The van der Waals surface area contributed by atoms with E-state index < -0.39 is 0 Å². The van der Waals surface area contributed by atoms with Crippen LogP contribution in [0.25, 0.3) is 0 Å².